The summed E-state index contributed by atoms with van der Waals surface area (Å²) in [5.74, 6) is -0.436. The molecule has 7 heteroatoms. The average Bonchev–Trinajstić information content (AvgIpc) is 3.14. The second-order valence-corrected chi connectivity index (χ2v) is 8.95. The second-order valence-electron chi connectivity index (χ2n) is 8.95. The quantitative estimate of drug-likeness (QED) is 0.807. The lowest BCUT2D eigenvalue weighted by atomic mass is 9.98. The van der Waals surface area contributed by atoms with Crippen LogP contribution in [0.2, 0.25) is 0 Å². The Morgan fingerprint density at radius 3 is 2.31 bits per heavy atom. The van der Waals surface area contributed by atoms with Crippen LogP contribution in [0.15, 0.2) is 24.3 Å². The summed E-state index contributed by atoms with van der Waals surface area (Å²) in [4.78, 5) is 27.2. The Hall–Kier alpha value is -2.28. The molecule has 160 valence electrons. The molecular formula is C22H32N2O5. The third-order valence-corrected chi connectivity index (χ3v) is 5.46. The molecule has 29 heavy (non-hydrogen) atoms. The van der Waals surface area contributed by atoms with Crippen molar-refractivity contribution < 1.29 is 24.2 Å². The number of hydrogen-bond acceptors (Lipinski definition) is 5. The predicted molar refractivity (Wildman–Crippen MR) is 111 cm³/mol. The van der Waals surface area contributed by atoms with Gasteiger partial charge in [0.15, 0.2) is 0 Å². The molecule has 3 rings (SSSR count). The first-order valence-electron chi connectivity index (χ1n) is 10.4. The number of carbonyl (C=O) groups excluding carboxylic acids is 1. The van der Waals surface area contributed by atoms with Crippen LogP contribution in [0.3, 0.4) is 0 Å². The topological polar surface area (TPSA) is 79.3 Å². The van der Waals surface area contributed by atoms with Crippen molar-refractivity contribution in [2.75, 3.05) is 37.7 Å². The highest BCUT2D eigenvalue weighted by molar-refractivity contribution is 5.88. The van der Waals surface area contributed by atoms with Gasteiger partial charge in [-0.05, 0) is 70.2 Å². The summed E-state index contributed by atoms with van der Waals surface area (Å²) in [6.45, 7) is 9.55. The highest BCUT2D eigenvalue weighted by atomic mass is 16.6. The van der Waals surface area contributed by atoms with Gasteiger partial charge < -0.3 is 24.4 Å². The molecule has 1 amide bonds. The van der Waals surface area contributed by atoms with Crippen LogP contribution in [0.5, 0.6) is 0 Å². The van der Waals surface area contributed by atoms with Crippen LogP contribution in [0.25, 0.3) is 0 Å². The Morgan fingerprint density at radius 1 is 1.07 bits per heavy atom. The molecule has 2 fully saturated rings. The Labute approximate surface area is 172 Å². The molecule has 1 aromatic rings. The maximum atomic E-state index is 12.2. The van der Waals surface area contributed by atoms with E-state index in [2.05, 4.69) is 4.90 Å². The molecule has 0 bridgehead atoms. The van der Waals surface area contributed by atoms with E-state index >= 15 is 0 Å². The Bertz CT molecular complexity index is 705. The smallest absolute Gasteiger partial charge is 0.410 e. The summed E-state index contributed by atoms with van der Waals surface area (Å²) < 4.78 is 11.6. The Kier molecular flexibility index (Phi) is 6.67. The first kappa shape index (κ1) is 21.4. The molecule has 0 aromatic heterocycles. The molecule has 2 heterocycles. The van der Waals surface area contributed by atoms with Gasteiger partial charge in [-0.2, -0.15) is 0 Å². The zero-order chi connectivity index (χ0) is 21.0. The molecule has 2 saturated heterocycles. The van der Waals surface area contributed by atoms with E-state index in [0.29, 0.717) is 11.5 Å². The normalized spacial score (nSPS) is 20.7. The molecule has 1 atom stereocenters. The highest BCUT2D eigenvalue weighted by Gasteiger charge is 2.29. The van der Waals surface area contributed by atoms with Crippen molar-refractivity contribution in [3.8, 4) is 0 Å². The number of rotatable bonds is 5. The van der Waals surface area contributed by atoms with Gasteiger partial charge >= 0.3 is 12.1 Å². The van der Waals surface area contributed by atoms with E-state index in [1.165, 1.54) is 0 Å². The standard InChI is InChI=1S/C22H32N2O5/c1-22(2,3)29-21(27)23-11-8-16(9-12-23)15-28-19-10-13-24(14-19)18-6-4-17(5-7-18)20(25)26/h4-7,16,19H,8-15H2,1-3H3,(H,25,26). The fraction of sp³-hybridized carbons (Fsp3) is 0.636. The third-order valence-electron chi connectivity index (χ3n) is 5.46. The first-order chi connectivity index (χ1) is 13.7. The van der Waals surface area contributed by atoms with Gasteiger partial charge in [0.2, 0.25) is 0 Å². The van der Waals surface area contributed by atoms with Crippen molar-refractivity contribution in [1.29, 1.82) is 0 Å². The molecule has 7 nitrogen and oxygen atoms in total. The number of likely N-dealkylation sites (tertiary alicyclic amines) is 1. The van der Waals surface area contributed by atoms with Gasteiger partial charge in [0.25, 0.3) is 0 Å². The lowest BCUT2D eigenvalue weighted by Crippen LogP contribution is -2.42. The lowest BCUT2D eigenvalue weighted by molar-refractivity contribution is 0.00248. The summed E-state index contributed by atoms with van der Waals surface area (Å²) in [6.07, 6.45) is 2.81. The van der Waals surface area contributed by atoms with Gasteiger partial charge in [-0.3, -0.25) is 0 Å². The largest absolute Gasteiger partial charge is 0.478 e. The minimum absolute atomic E-state index is 0.193. The van der Waals surface area contributed by atoms with Gasteiger partial charge in [0.05, 0.1) is 11.7 Å². The molecule has 0 saturated carbocycles. The maximum absolute atomic E-state index is 12.2. The van der Waals surface area contributed by atoms with Crippen LogP contribution in [0.4, 0.5) is 10.5 Å². The number of nitrogens with zero attached hydrogens (tertiary/aromatic N) is 2. The first-order valence-corrected chi connectivity index (χ1v) is 10.4. The van der Waals surface area contributed by atoms with Gasteiger partial charge in [0, 0.05) is 38.5 Å². The van der Waals surface area contributed by atoms with Crippen molar-refractivity contribution in [3.05, 3.63) is 29.8 Å². The third kappa shape index (κ3) is 6.10. The van der Waals surface area contributed by atoms with Crippen molar-refractivity contribution in [2.45, 2.75) is 51.7 Å². The number of piperidine rings is 1. The molecule has 0 spiro atoms. The number of carbonyl (C=O) groups is 2. The van der Waals surface area contributed by atoms with Crippen LogP contribution in [0, 0.1) is 5.92 Å². The van der Waals surface area contributed by atoms with E-state index in [4.69, 9.17) is 14.6 Å². The predicted octanol–water partition coefficient (Wildman–Crippen LogP) is 3.63. The minimum Gasteiger partial charge on any atom is -0.478 e. The molecule has 2 aliphatic rings. The number of aromatic carboxylic acids is 1. The maximum Gasteiger partial charge on any atom is 0.410 e. The summed E-state index contributed by atoms with van der Waals surface area (Å²) in [7, 11) is 0. The highest BCUT2D eigenvalue weighted by Crippen LogP contribution is 2.25. The van der Waals surface area contributed by atoms with Gasteiger partial charge in [-0.1, -0.05) is 0 Å². The molecule has 2 aliphatic heterocycles. The minimum atomic E-state index is -0.906. The van der Waals surface area contributed by atoms with E-state index in [9.17, 15) is 9.59 Å². The number of carboxylic acids is 1. The van der Waals surface area contributed by atoms with E-state index in [0.717, 1.165) is 57.7 Å². The van der Waals surface area contributed by atoms with Crippen molar-refractivity contribution >= 4 is 17.7 Å². The SMILES string of the molecule is CC(C)(C)OC(=O)N1CCC(COC2CCN(c3ccc(C(=O)O)cc3)C2)CC1. The van der Waals surface area contributed by atoms with Crippen LogP contribution < -0.4 is 4.90 Å². The number of benzene rings is 1. The monoisotopic (exact) mass is 404 g/mol. The molecule has 1 N–H and O–H groups in total. The summed E-state index contributed by atoms with van der Waals surface area (Å²) in [6, 6.07) is 7.01. The summed E-state index contributed by atoms with van der Waals surface area (Å²) in [5.41, 5.74) is 0.879. The molecule has 1 aromatic carbocycles. The van der Waals surface area contributed by atoms with Crippen LogP contribution in [-0.4, -0.2) is 66.6 Å². The van der Waals surface area contributed by atoms with Gasteiger partial charge in [0.1, 0.15) is 5.60 Å². The number of anilines is 1. The number of ether oxygens (including phenoxy) is 2. The zero-order valence-corrected chi connectivity index (χ0v) is 17.6. The summed E-state index contributed by atoms with van der Waals surface area (Å²) >= 11 is 0. The van der Waals surface area contributed by atoms with E-state index in [1.54, 1.807) is 17.0 Å². The Balaban J connectivity index is 1.38. The number of hydrogen-bond donors (Lipinski definition) is 1. The van der Waals surface area contributed by atoms with Gasteiger partial charge in [-0.15, -0.1) is 0 Å². The Morgan fingerprint density at radius 2 is 1.72 bits per heavy atom. The molecule has 1 unspecified atom stereocenters. The number of carboxylic acid groups (broad SMARTS) is 1. The van der Waals surface area contributed by atoms with Crippen molar-refractivity contribution in [2.24, 2.45) is 5.92 Å². The zero-order valence-electron chi connectivity index (χ0n) is 17.6. The van der Waals surface area contributed by atoms with Crippen molar-refractivity contribution in [1.82, 2.24) is 4.90 Å². The molecule has 0 radical (unpaired) electrons. The van der Waals surface area contributed by atoms with Gasteiger partial charge in [-0.25, -0.2) is 9.59 Å². The van der Waals surface area contributed by atoms with Crippen LogP contribution in [0.1, 0.15) is 50.4 Å². The van der Waals surface area contributed by atoms with Crippen LogP contribution in [-0.2, 0) is 9.47 Å². The molecular weight excluding hydrogens is 372 g/mol. The fourth-order valence-corrected chi connectivity index (χ4v) is 3.79. The average molecular weight is 405 g/mol. The van der Waals surface area contributed by atoms with Crippen LogP contribution >= 0.6 is 0 Å². The molecule has 0 aliphatic carbocycles. The number of amides is 1. The van der Waals surface area contributed by atoms with E-state index in [-0.39, 0.29) is 12.2 Å². The lowest BCUT2D eigenvalue weighted by Gasteiger charge is -2.33. The van der Waals surface area contributed by atoms with Crippen molar-refractivity contribution in [3.63, 3.8) is 0 Å². The fourth-order valence-electron chi connectivity index (χ4n) is 3.79. The van der Waals surface area contributed by atoms with E-state index < -0.39 is 11.6 Å². The second kappa shape index (κ2) is 9.03. The summed E-state index contributed by atoms with van der Waals surface area (Å²) in [5, 5.41) is 9.01. The van der Waals surface area contributed by atoms with E-state index in [1.807, 2.05) is 32.9 Å².